The molecule has 17 aromatic rings. The van der Waals surface area contributed by atoms with Gasteiger partial charge in [0.05, 0.1) is 22.4 Å². The molecular weight excluding hydrogens is 1470 g/mol. The van der Waals surface area contributed by atoms with Crippen LogP contribution in [0, 0.1) is 11.8 Å². The Bertz CT molecular complexity index is 6630. The van der Waals surface area contributed by atoms with Crippen LogP contribution in [0.2, 0.25) is 0 Å². The summed E-state index contributed by atoms with van der Waals surface area (Å²) in [4.78, 5) is 8.48. The molecule has 1 aromatic heterocycles. The highest BCUT2D eigenvalue weighted by molar-refractivity contribution is 7.00. The highest BCUT2D eigenvalue weighted by atomic mass is 15.2. The Morgan fingerprint density at radius 1 is 0.246 bits per heavy atom. The van der Waals surface area contributed by atoms with Gasteiger partial charge in [-0.2, -0.15) is 0 Å². The largest absolute Gasteiger partial charge is 0.365 e. The zero-order chi connectivity index (χ0) is 82.4. The maximum atomic E-state index is 2.93. The lowest BCUT2D eigenvalue weighted by Gasteiger charge is -2.57. The highest BCUT2D eigenvalue weighted by Gasteiger charge is 2.50. The van der Waals surface area contributed by atoms with E-state index in [1.54, 1.807) is 0 Å². The number of nitrogens with zero attached hydrogens (tertiary/aromatic N) is 4. The van der Waals surface area contributed by atoms with Crippen LogP contribution in [-0.4, -0.2) is 23.4 Å². The monoisotopic (exact) mass is 1570 g/mol. The van der Waals surface area contributed by atoms with E-state index in [1.807, 2.05) is 0 Å². The van der Waals surface area contributed by atoms with Gasteiger partial charge >= 0.3 is 0 Å². The van der Waals surface area contributed by atoms with Gasteiger partial charge < -0.3 is 19.3 Å². The van der Waals surface area contributed by atoms with E-state index >= 15 is 0 Å². The predicted octanol–water partition coefficient (Wildman–Crippen LogP) is 29.5. The highest BCUT2D eigenvalue weighted by Crippen LogP contribution is 2.58. The van der Waals surface area contributed by atoms with Gasteiger partial charge in [0, 0.05) is 79.2 Å². The molecule has 2 saturated carbocycles. The lowest BCUT2D eigenvalue weighted by molar-refractivity contribution is 0.0900. The minimum absolute atomic E-state index is 0.0241. The fraction of sp³-hybridized carbons (Fsp3) is 0.179. The third-order valence-electron chi connectivity index (χ3n) is 27.7. The van der Waals surface area contributed by atoms with Crippen molar-refractivity contribution in [2.24, 2.45) is 11.8 Å². The van der Waals surface area contributed by atoms with E-state index in [2.05, 4.69) is 446 Å². The molecule has 0 unspecified atom stereocenters. The molecule has 4 nitrogen and oxygen atoms in total. The van der Waals surface area contributed by atoms with Gasteiger partial charge in [0.15, 0.2) is 0 Å². The van der Waals surface area contributed by atoms with Crippen molar-refractivity contribution in [2.75, 3.05) is 14.7 Å². The Morgan fingerprint density at radius 2 is 0.541 bits per heavy atom. The maximum absolute atomic E-state index is 2.93. The molecule has 4 fully saturated rings. The first-order valence-corrected chi connectivity index (χ1v) is 44.3. The second kappa shape index (κ2) is 29.3. The smallest absolute Gasteiger partial charge is 0.252 e. The van der Waals surface area contributed by atoms with Crippen molar-refractivity contribution in [1.29, 1.82) is 0 Å². The van der Waals surface area contributed by atoms with Gasteiger partial charge in [-0.15, -0.1) is 0 Å². The summed E-state index contributed by atoms with van der Waals surface area (Å²) < 4.78 is 2.59. The first kappa shape index (κ1) is 75.0. The number of anilines is 7. The van der Waals surface area contributed by atoms with E-state index in [0.29, 0.717) is 12.1 Å². The molecule has 5 heteroatoms. The normalized spacial score (nSPS) is 16.5. The molecule has 23 rings (SSSR count). The number of hydrogen-bond donors (Lipinski definition) is 0. The predicted molar refractivity (Wildman–Crippen MR) is 520 cm³/mol. The van der Waals surface area contributed by atoms with Crippen molar-refractivity contribution >= 4 is 84.7 Å². The first-order chi connectivity index (χ1) is 59.3. The third-order valence-corrected chi connectivity index (χ3v) is 27.7. The molecule has 0 radical (unpaired) electrons. The van der Waals surface area contributed by atoms with Crippen LogP contribution in [0.5, 0.6) is 0 Å². The number of piperidine rings is 2. The summed E-state index contributed by atoms with van der Waals surface area (Å²) in [5.41, 5.74) is 40.2. The SMILES string of the molecule is CC(C)(C)c1ccc(-c2cc3c4c(c2)N(c2c(-c5ccccc5)cc(-c5ccccc5)cc2-c2ccccc2)c2cc(-n5c6ccc(-c7ccc(C(C)(C)C)cc7)cc6c6cc(-c7ccc(C(C)(C)C)cc7)ccc65)ccc2B4c2ccc(N4C5CC6CC(C5)CC4C6)cc2N3c2c(-c3ccccc3)cc(-c3ccccc3)cc2-c2ccccc2)cc1. The average Bonchev–Trinajstić information content (AvgIpc) is 0.698. The molecule has 122 heavy (non-hydrogen) atoms. The molecule has 0 amide bonds. The van der Waals surface area contributed by atoms with Gasteiger partial charge in [-0.05, 0) is 256 Å². The molecule has 0 N–H and O–H groups in total. The van der Waals surface area contributed by atoms with E-state index in [0.717, 1.165) is 113 Å². The summed E-state index contributed by atoms with van der Waals surface area (Å²) in [5, 5.41) is 2.42. The van der Waals surface area contributed by atoms with Crippen LogP contribution in [0.25, 0.3) is 128 Å². The summed E-state index contributed by atoms with van der Waals surface area (Å²) in [5.74, 6) is 1.59. The van der Waals surface area contributed by atoms with E-state index in [9.17, 15) is 0 Å². The van der Waals surface area contributed by atoms with Crippen molar-refractivity contribution in [3.63, 3.8) is 0 Å². The van der Waals surface area contributed by atoms with Crippen LogP contribution < -0.4 is 31.1 Å². The topological polar surface area (TPSA) is 14.7 Å². The number of fused-ring (bicyclic) bond motifs is 7. The lowest BCUT2D eigenvalue weighted by atomic mass is 9.33. The summed E-state index contributed by atoms with van der Waals surface area (Å²) in [6, 6.07) is 142. The fourth-order valence-electron chi connectivity index (χ4n) is 21.7. The van der Waals surface area contributed by atoms with Crippen LogP contribution in [-0.2, 0) is 16.2 Å². The van der Waals surface area contributed by atoms with Crippen molar-refractivity contribution in [2.45, 2.75) is 123 Å². The molecule has 6 aliphatic rings. The fourth-order valence-corrected chi connectivity index (χ4v) is 21.7. The van der Waals surface area contributed by atoms with E-state index in [1.165, 1.54) is 132 Å². The van der Waals surface area contributed by atoms with Crippen molar-refractivity contribution in [3.05, 3.63) is 381 Å². The molecule has 4 aliphatic heterocycles. The Labute approximate surface area is 720 Å². The van der Waals surface area contributed by atoms with Gasteiger partial charge in [0.25, 0.3) is 6.71 Å². The quantitative estimate of drug-likeness (QED) is 0.107. The van der Waals surface area contributed by atoms with Gasteiger partial charge in [0.1, 0.15) is 0 Å². The first-order valence-electron chi connectivity index (χ1n) is 44.3. The molecule has 592 valence electrons. The Hall–Kier alpha value is -13.2. The Morgan fingerprint density at radius 3 is 0.885 bits per heavy atom. The summed E-state index contributed by atoms with van der Waals surface area (Å²) in [7, 11) is 0. The Kier molecular flexibility index (Phi) is 18.0. The molecule has 2 aliphatic carbocycles. The summed E-state index contributed by atoms with van der Waals surface area (Å²) >= 11 is 0. The molecule has 16 aromatic carbocycles. The van der Waals surface area contributed by atoms with Crippen molar-refractivity contribution in [1.82, 2.24) is 4.57 Å². The van der Waals surface area contributed by atoms with Gasteiger partial charge in [-0.25, -0.2) is 0 Å². The minimum atomic E-state index is -0.253. The van der Waals surface area contributed by atoms with Crippen LogP contribution in [0.4, 0.5) is 39.8 Å². The Balaban J connectivity index is 0.882. The average molecular weight is 1570 g/mol. The summed E-state index contributed by atoms with van der Waals surface area (Å²) in [6.07, 6.45) is 6.43. The van der Waals surface area contributed by atoms with Crippen LogP contribution in [0.1, 0.15) is 111 Å². The molecular formula is C117H101BN4. The third kappa shape index (κ3) is 13.0. The van der Waals surface area contributed by atoms with Crippen LogP contribution in [0.15, 0.2) is 364 Å². The van der Waals surface area contributed by atoms with E-state index in [4.69, 9.17) is 0 Å². The summed E-state index contributed by atoms with van der Waals surface area (Å²) in [6.45, 7) is 20.6. The number of rotatable bonds is 13. The minimum Gasteiger partial charge on any atom is -0.365 e. The number of aromatic nitrogens is 1. The molecule has 0 atom stereocenters. The van der Waals surface area contributed by atoms with Gasteiger partial charge in [-0.3, -0.25) is 0 Å². The number of hydrogen-bond acceptors (Lipinski definition) is 3. The van der Waals surface area contributed by atoms with Crippen molar-refractivity contribution in [3.8, 4) is 106 Å². The zero-order valence-electron chi connectivity index (χ0n) is 71.4. The molecule has 2 saturated heterocycles. The second-order valence-corrected chi connectivity index (χ2v) is 38.5. The number of benzene rings is 16. The lowest BCUT2D eigenvalue weighted by Crippen LogP contribution is -2.62. The van der Waals surface area contributed by atoms with Gasteiger partial charge in [0.2, 0.25) is 0 Å². The molecule has 5 heterocycles. The van der Waals surface area contributed by atoms with Gasteiger partial charge in [-0.1, -0.05) is 341 Å². The van der Waals surface area contributed by atoms with Crippen LogP contribution in [0.3, 0.4) is 0 Å². The maximum Gasteiger partial charge on any atom is 0.252 e. The molecule has 4 bridgehead atoms. The zero-order valence-corrected chi connectivity index (χ0v) is 71.4. The standard InChI is InChI=1S/C117H101BN4/c1-115(2,3)91-48-40-79(41-49-91)86-46-58-106-102(65-86)103-66-87(80-42-50-92(51-43-80)116(4,5)6)47-59-107(103)120(106)95-55-57-105-109(74-95)122(114-100(84-36-24-14-25-37-84)69-89(78-30-18-11-19-31-78)70-101(114)85-38-26-15-27-39-85)111-72-90(81-44-52-93(53-45-81)117(7,8)9)71-110-112(111)118(105)104-56-54-94(119-96-61-75-60-76(63-96)64-97(119)62-75)73-108(104)121(110)113-98(82-32-20-12-21-33-82)67-88(77-28-16-10-17-29-77)68-99(113)83-34-22-13-23-35-83/h10-59,65-76,96-97H,60-64H2,1-9H3. The molecule has 0 spiro atoms. The van der Waals surface area contributed by atoms with E-state index < -0.39 is 0 Å². The second-order valence-electron chi connectivity index (χ2n) is 38.5. The van der Waals surface area contributed by atoms with E-state index in [-0.39, 0.29) is 23.0 Å². The van der Waals surface area contributed by atoms with Crippen LogP contribution >= 0.6 is 0 Å². The van der Waals surface area contributed by atoms with Crippen molar-refractivity contribution < 1.29 is 0 Å².